The Labute approximate surface area is 203 Å². The minimum atomic E-state index is -1.49. The van der Waals surface area contributed by atoms with E-state index in [2.05, 4.69) is 19.1 Å². The molecule has 0 saturated carbocycles. The van der Waals surface area contributed by atoms with Crippen LogP contribution < -0.4 is 4.74 Å². The van der Waals surface area contributed by atoms with Gasteiger partial charge in [-0.25, -0.2) is 17.6 Å². The van der Waals surface area contributed by atoms with E-state index < -0.39 is 17.5 Å². The summed E-state index contributed by atoms with van der Waals surface area (Å²) < 4.78 is 60.8. The predicted molar refractivity (Wildman–Crippen MR) is 132 cm³/mol. The smallest absolute Gasteiger partial charge is 0.194 e. The van der Waals surface area contributed by atoms with Crippen molar-refractivity contribution in [2.75, 3.05) is 6.61 Å². The van der Waals surface area contributed by atoms with Crippen molar-refractivity contribution in [3.63, 3.8) is 0 Å². The van der Waals surface area contributed by atoms with Crippen LogP contribution in [0, 0.1) is 23.3 Å². The zero-order chi connectivity index (χ0) is 24.8. The summed E-state index contributed by atoms with van der Waals surface area (Å²) >= 11 is 0. The van der Waals surface area contributed by atoms with Gasteiger partial charge in [-0.05, 0) is 84.0 Å². The third-order valence-corrected chi connectivity index (χ3v) is 6.22. The Bertz CT molecular complexity index is 1270. The lowest BCUT2D eigenvalue weighted by Crippen LogP contribution is -1.99. The summed E-state index contributed by atoms with van der Waals surface area (Å²) in [6, 6.07) is 19.3. The summed E-state index contributed by atoms with van der Waals surface area (Å²) in [5.41, 5.74) is 3.07. The summed E-state index contributed by atoms with van der Waals surface area (Å²) in [5.74, 6) is -3.41. The van der Waals surface area contributed by atoms with Gasteiger partial charge in [0.15, 0.2) is 17.5 Å². The Balaban J connectivity index is 1.39. The van der Waals surface area contributed by atoms with Gasteiger partial charge in [-0.15, -0.1) is 0 Å². The largest absolute Gasteiger partial charge is 0.494 e. The van der Waals surface area contributed by atoms with Crippen LogP contribution in [0.25, 0.3) is 10.8 Å². The van der Waals surface area contributed by atoms with Crippen molar-refractivity contribution in [1.29, 1.82) is 0 Å². The summed E-state index contributed by atoms with van der Waals surface area (Å²) in [4.78, 5) is 0. The van der Waals surface area contributed by atoms with Crippen LogP contribution in [0.4, 0.5) is 17.6 Å². The first-order valence-corrected chi connectivity index (χ1v) is 12.0. The van der Waals surface area contributed by atoms with Crippen LogP contribution in [0.1, 0.15) is 42.0 Å². The number of fused-ring (bicyclic) bond motifs is 1. The number of halogens is 4. The molecule has 0 saturated heterocycles. The Hall–Kier alpha value is -3.34. The first kappa shape index (κ1) is 24.8. The SMILES string of the molecule is CCCCOc1ccc(CCc2ccc3c(F)c(CCc4cc(F)c(F)c(F)c4)ccc3c2)cc1. The van der Waals surface area contributed by atoms with Gasteiger partial charge in [-0.1, -0.05) is 55.8 Å². The van der Waals surface area contributed by atoms with E-state index >= 15 is 4.39 Å². The molecule has 0 atom stereocenters. The molecule has 0 aliphatic carbocycles. The molecule has 4 rings (SSSR count). The van der Waals surface area contributed by atoms with Crippen LogP contribution in [-0.4, -0.2) is 6.61 Å². The second-order valence-corrected chi connectivity index (χ2v) is 8.81. The Kier molecular flexibility index (Phi) is 8.06. The van der Waals surface area contributed by atoms with E-state index in [4.69, 9.17) is 4.74 Å². The number of benzene rings is 4. The molecule has 5 heteroatoms. The molecule has 182 valence electrons. The molecule has 4 aromatic carbocycles. The predicted octanol–water partition coefficient (Wildman–Crippen LogP) is 8.15. The second kappa shape index (κ2) is 11.4. The molecule has 0 radical (unpaired) electrons. The number of hydrogen-bond donors (Lipinski definition) is 0. The van der Waals surface area contributed by atoms with Gasteiger partial charge in [0, 0.05) is 5.39 Å². The lowest BCUT2D eigenvalue weighted by molar-refractivity contribution is 0.309. The van der Waals surface area contributed by atoms with Gasteiger partial charge in [0.2, 0.25) is 0 Å². The monoisotopic (exact) mass is 480 g/mol. The lowest BCUT2D eigenvalue weighted by Gasteiger charge is -2.10. The zero-order valence-electron chi connectivity index (χ0n) is 19.7. The molecule has 4 aromatic rings. The van der Waals surface area contributed by atoms with Gasteiger partial charge in [0.05, 0.1) is 6.61 Å². The standard InChI is InChI=1S/C30H28F4O/c1-2-3-16-35-25-13-7-20(8-14-25)4-5-21-9-15-26-24(17-21)12-11-23(29(26)33)10-6-22-18-27(31)30(34)28(32)19-22/h7-9,11-15,17-19H,2-6,10,16H2,1H3. The average Bonchev–Trinajstić information content (AvgIpc) is 2.86. The Morgan fingerprint density at radius 2 is 1.29 bits per heavy atom. The number of ether oxygens (including phenoxy) is 1. The molecule has 35 heavy (non-hydrogen) atoms. The van der Waals surface area contributed by atoms with Gasteiger partial charge in [0.25, 0.3) is 0 Å². The van der Waals surface area contributed by atoms with Crippen molar-refractivity contribution in [3.05, 3.63) is 112 Å². The highest BCUT2D eigenvalue weighted by molar-refractivity contribution is 5.84. The van der Waals surface area contributed by atoms with Crippen molar-refractivity contribution >= 4 is 10.8 Å². The van der Waals surface area contributed by atoms with Crippen LogP contribution >= 0.6 is 0 Å². The van der Waals surface area contributed by atoms with E-state index in [1.165, 1.54) is 5.56 Å². The molecular formula is C30H28F4O. The van der Waals surface area contributed by atoms with Crippen LogP contribution in [-0.2, 0) is 25.7 Å². The van der Waals surface area contributed by atoms with E-state index in [0.29, 0.717) is 10.9 Å². The summed E-state index contributed by atoms with van der Waals surface area (Å²) in [6.45, 7) is 2.86. The van der Waals surface area contributed by atoms with Crippen molar-refractivity contribution in [1.82, 2.24) is 0 Å². The summed E-state index contributed by atoms with van der Waals surface area (Å²) in [6.07, 6.45) is 4.31. The molecule has 0 N–H and O–H groups in total. The van der Waals surface area contributed by atoms with E-state index in [1.807, 2.05) is 30.3 Å². The third-order valence-electron chi connectivity index (χ3n) is 6.22. The molecule has 0 spiro atoms. The van der Waals surface area contributed by atoms with E-state index in [-0.39, 0.29) is 24.2 Å². The van der Waals surface area contributed by atoms with Crippen LogP contribution in [0.2, 0.25) is 0 Å². The fraction of sp³-hybridized carbons (Fsp3) is 0.267. The molecule has 0 heterocycles. The quantitative estimate of drug-likeness (QED) is 0.126. The average molecular weight is 481 g/mol. The molecule has 0 amide bonds. The third kappa shape index (κ3) is 6.21. The number of rotatable bonds is 10. The molecule has 0 bridgehead atoms. The maximum atomic E-state index is 15.1. The molecule has 0 aromatic heterocycles. The van der Waals surface area contributed by atoms with E-state index in [9.17, 15) is 13.2 Å². The van der Waals surface area contributed by atoms with Crippen LogP contribution in [0.3, 0.4) is 0 Å². The van der Waals surface area contributed by atoms with Crippen molar-refractivity contribution in [2.45, 2.75) is 45.4 Å². The lowest BCUT2D eigenvalue weighted by atomic mass is 9.97. The summed E-state index contributed by atoms with van der Waals surface area (Å²) in [7, 11) is 0. The maximum absolute atomic E-state index is 15.1. The number of hydrogen-bond acceptors (Lipinski definition) is 1. The zero-order valence-corrected chi connectivity index (χ0v) is 19.7. The highest BCUT2D eigenvalue weighted by Crippen LogP contribution is 2.25. The minimum Gasteiger partial charge on any atom is -0.494 e. The molecular weight excluding hydrogens is 452 g/mol. The fourth-order valence-corrected chi connectivity index (χ4v) is 4.14. The van der Waals surface area contributed by atoms with Crippen LogP contribution in [0.15, 0.2) is 66.7 Å². The van der Waals surface area contributed by atoms with E-state index in [1.54, 1.807) is 12.1 Å². The van der Waals surface area contributed by atoms with E-state index in [0.717, 1.165) is 61.1 Å². The van der Waals surface area contributed by atoms with Gasteiger partial charge >= 0.3 is 0 Å². The molecule has 0 unspecified atom stereocenters. The first-order chi connectivity index (χ1) is 16.9. The van der Waals surface area contributed by atoms with Gasteiger partial charge in [-0.2, -0.15) is 0 Å². The van der Waals surface area contributed by atoms with Gasteiger partial charge in [0.1, 0.15) is 11.6 Å². The Morgan fingerprint density at radius 3 is 2.00 bits per heavy atom. The second-order valence-electron chi connectivity index (χ2n) is 8.81. The first-order valence-electron chi connectivity index (χ1n) is 12.0. The van der Waals surface area contributed by atoms with Crippen molar-refractivity contribution in [3.8, 4) is 5.75 Å². The normalized spacial score (nSPS) is 11.2. The van der Waals surface area contributed by atoms with Crippen molar-refractivity contribution < 1.29 is 22.3 Å². The van der Waals surface area contributed by atoms with Crippen molar-refractivity contribution in [2.24, 2.45) is 0 Å². The van der Waals surface area contributed by atoms with Gasteiger partial charge < -0.3 is 4.74 Å². The molecule has 0 aliphatic heterocycles. The molecule has 0 aliphatic rings. The fourth-order valence-electron chi connectivity index (χ4n) is 4.14. The molecule has 0 fully saturated rings. The van der Waals surface area contributed by atoms with Gasteiger partial charge in [-0.3, -0.25) is 0 Å². The minimum absolute atomic E-state index is 0.205. The highest BCUT2D eigenvalue weighted by atomic mass is 19.2. The highest BCUT2D eigenvalue weighted by Gasteiger charge is 2.13. The Morgan fingerprint density at radius 1 is 0.629 bits per heavy atom. The topological polar surface area (TPSA) is 9.23 Å². The number of aryl methyl sites for hydroxylation is 4. The summed E-state index contributed by atoms with van der Waals surface area (Å²) in [5, 5.41) is 1.32. The molecule has 1 nitrogen and oxygen atoms in total. The van der Waals surface area contributed by atoms with Crippen LogP contribution in [0.5, 0.6) is 5.75 Å². The number of unbranched alkanes of at least 4 members (excludes halogenated alkanes) is 1. The maximum Gasteiger partial charge on any atom is 0.194 e.